The van der Waals surface area contributed by atoms with Crippen LogP contribution < -0.4 is 10.6 Å². The van der Waals surface area contributed by atoms with E-state index in [2.05, 4.69) is 17.6 Å². The van der Waals surface area contributed by atoms with Gasteiger partial charge in [0.05, 0.1) is 17.0 Å². The SMILES string of the molecule is CCc1nc(NC2CCC(C)CC2)nc(C2(c3ccc(F)cc3)CCCC2)c1C(=O)NCc1ccccc1. The number of benzene rings is 2. The highest BCUT2D eigenvalue weighted by Crippen LogP contribution is 2.47. The Morgan fingerprint density at radius 3 is 2.32 bits per heavy atom. The molecule has 0 radical (unpaired) electrons. The summed E-state index contributed by atoms with van der Waals surface area (Å²) >= 11 is 0. The summed E-state index contributed by atoms with van der Waals surface area (Å²) < 4.78 is 13.9. The second-order valence-electron chi connectivity index (χ2n) is 11.1. The number of halogens is 1. The van der Waals surface area contributed by atoms with E-state index in [0.717, 1.165) is 67.0 Å². The van der Waals surface area contributed by atoms with Crippen molar-refractivity contribution < 1.29 is 9.18 Å². The van der Waals surface area contributed by atoms with Crippen LogP contribution in [-0.2, 0) is 18.4 Å². The van der Waals surface area contributed by atoms with Gasteiger partial charge in [-0.1, -0.05) is 69.2 Å². The fourth-order valence-electron chi connectivity index (χ4n) is 6.28. The van der Waals surface area contributed by atoms with Crippen LogP contribution in [0.1, 0.15) is 98.1 Å². The molecule has 200 valence electrons. The Morgan fingerprint density at radius 1 is 0.974 bits per heavy atom. The maximum absolute atomic E-state index is 13.9. The summed E-state index contributed by atoms with van der Waals surface area (Å²) in [5.41, 5.74) is 3.74. The van der Waals surface area contributed by atoms with Gasteiger partial charge in [-0.05, 0) is 74.1 Å². The van der Waals surface area contributed by atoms with Crippen LogP contribution in [0.15, 0.2) is 54.6 Å². The zero-order valence-corrected chi connectivity index (χ0v) is 22.6. The molecule has 2 saturated carbocycles. The predicted octanol–water partition coefficient (Wildman–Crippen LogP) is 6.96. The predicted molar refractivity (Wildman–Crippen MR) is 150 cm³/mol. The minimum atomic E-state index is -0.447. The summed E-state index contributed by atoms with van der Waals surface area (Å²) in [6.07, 6.45) is 9.05. The summed E-state index contributed by atoms with van der Waals surface area (Å²) in [7, 11) is 0. The molecule has 0 atom stereocenters. The largest absolute Gasteiger partial charge is 0.351 e. The van der Waals surface area contributed by atoms with Crippen molar-refractivity contribution in [3.05, 3.63) is 88.5 Å². The minimum Gasteiger partial charge on any atom is -0.351 e. The quantitative estimate of drug-likeness (QED) is 0.341. The number of hydrogen-bond acceptors (Lipinski definition) is 4. The average molecular weight is 515 g/mol. The molecular formula is C32H39FN4O. The first-order valence-electron chi connectivity index (χ1n) is 14.2. The monoisotopic (exact) mass is 514 g/mol. The van der Waals surface area contributed by atoms with Gasteiger partial charge >= 0.3 is 0 Å². The second kappa shape index (κ2) is 11.6. The van der Waals surface area contributed by atoms with Gasteiger partial charge in [-0.3, -0.25) is 4.79 Å². The van der Waals surface area contributed by atoms with E-state index in [1.54, 1.807) is 0 Å². The molecule has 38 heavy (non-hydrogen) atoms. The summed E-state index contributed by atoms with van der Waals surface area (Å²) in [4.78, 5) is 23.9. The third-order valence-corrected chi connectivity index (χ3v) is 8.50. The van der Waals surface area contributed by atoms with Gasteiger partial charge in [0.15, 0.2) is 0 Å². The zero-order chi connectivity index (χ0) is 26.5. The number of anilines is 1. The van der Waals surface area contributed by atoms with Crippen LogP contribution >= 0.6 is 0 Å². The number of rotatable bonds is 8. The lowest BCUT2D eigenvalue weighted by Gasteiger charge is -2.33. The van der Waals surface area contributed by atoms with Crippen molar-refractivity contribution in [3.8, 4) is 0 Å². The number of nitrogens with zero attached hydrogens (tertiary/aromatic N) is 2. The third kappa shape index (κ3) is 5.59. The molecule has 0 unspecified atom stereocenters. The molecule has 2 aromatic carbocycles. The highest BCUT2D eigenvalue weighted by Gasteiger charge is 2.43. The van der Waals surface area contributed by atoms with Crippen molar-refractivity contribution in [2.45, 2.75) is 89.6 Å². The highest BCUT2D eigenvalue weighted by molar-refractivity contribution is 5.97. The number of aryl methyl sites for hydroxylation is 1. The standard InChI is InChI=1S/C32H39FN4O/c1-3-27-28(30(38)34-21-23-9-5-4-6-10-23)29(37-31(36-27)35-26-17-11-22(2)12-18-26)32(19-7-8-20-32)24-13-15-25(33)16-14-24/h4-6,9-10,13-16,22,26H,3,7-8,11-12,17-21H2,1-2H3,(H,34,38)(H,35,36,37). The molecule has 2 fully saturated rings. The first-order chi connectivity index (χ1) is 18.5. The maximum atomic E-state index is 13.9. The number of aromatic nitrogens is 2. The molecule has 0 saturated heterocycles. The number of carbonyl (C=O) groups excluding carboxylic acids is 1. The molecule has 1 heterocycles. The fraction of sp³-hybridized carbons (Fsp3) is 0.469. The van der Waals surface area contributed by atoms with Crippen LogP contribution in [-0.4, -0.2) is 21.9 Å². The van der Waals surface area contributed by atoms with Crippen molar-refractivity contribution in [2.75, 3.05) is 5.32 Å². The third-order valence-electron chi connectivity index (χ3n) is 8.50. The van der Waals surface area contributed by atoms with Gasteiger partial charge in [0.25, 0.3) is 5.91 Å². The Kier molecular flexibility index (Phi) is 8.06. The van der Waals surface area contributed by atoms with Gasteiger partial charge in [0.1, 0.15) is 5.82 Å². The van der Waals surface area contributed by atoms with E-state index in [9.17, 15) is 9.18 Å². The van der Waals surface area contributed by atoms with Crippen LogP contribution in [0.5, 0.6) is 0 Å². The zero-order valence-electron chi connectivity index (χ0n) is 22.6. The molecule has 0 bridgehead atoms. The van der Waals surface area contributed by atoms with Crippen LogP contribution in [0.25, 0.3) is 0 Å². The highest BCUT2D eigenvalue weighted by atomic mass is 19.1. The Labute approximate surface area is 225 Å². The molecule has 2 aliphatic carbocycles. The molecule has 2 N–H and O–H groups in total. The lowest BCUT2D eigenvalue weighted by atomic mass is 9.73. The van der Waals surface area contributed by atoms with Crippen molar-refractivity contribution in [1.82, 2.24) is 15.3 Å². The summed E-state index contributed by atoms with van der Waals surface area (Å²) in [6, 6.07) is 17.1. The molecule has 2 aliphatic rings. The smallest absolute Gasteiger partial charge is 0.255 e. The van der Waals surface area contributed by atoms with Crippen molar-refractivity contribution in [3.63, 3.8) is 0 Å². The summed E-state index contributed by atoms with van der Waals surface area (Å²) in [5.74, 6) is 0.969. The van der Waals surface area contributed by atoms with E-state index >= 15 is 0 Å². The number of carbonyl (C=O) groups is 1. The number of nitrogens with one attached hydrogen (secondary N) is 2. The molecule has 5 rings (SSSR count). The van der Waals surface area contributed by atoms with E-state index in [4.69, 9.17) is 9.97 Å². The first kappa shape index (κ1) is 26.3. The Morgan fingerprint density at radius 2 is 1.66 bits per heavy atom. The lowest BCUT2D eigenvalue weighted by molar-refractivity contribution is 0.0946. The molecule has 1 amide bonds. The van der Waals surface area contributed by atoms with Crippen LogP contribution in [0.4, 0.5) is 10.3 Å². The van der Waals surface area contributed by atoms with Crippen LogP contribution in [0.2, 0.25) is 0 Å². The number of hydrogen-bond donors (Lipinski definition) is 2. The molecule has 3 aromatic rings. The van der Waals surface area contributed by atoms with E-state index in [1.165, 1.54) is 25.0 Å². The van der Waals surface area contributed by atoms with E-state index in [1.807, 2.05) is 49.4 Å². The van der Waals surface area contributed by atoms with Crippen molar-refractivity contribution >= 4 is 11.9 Å². The normalized spacial score (nSPS) is 20.7. The first-order valence-corrected chi connectivity index (χ1v) is 14.2. The molecule has 0 spiro atoms. The van der Waals surface area contributed by atoms with Gasteiger partial charge in [0, 0.05) is 18.0 Å². The van der Waals surface area contributed by atoms with Gasteiger partial charge in [-0.15, -0.1) is 0 Å². The van der Waals surface area contributed by atoms with E-state index in [0.29, 0.717) is 30.5 Å². The number of amides is 1. The van der Waals surface area contributed by atoms with Gasteiger partial charge in [-0.2, -0.15) is 0 Å². The fourth-order valence-corrected chi connectivity index (χ4v) is 6.28. The summed E-state index contributed by atoms with van der Waals surface area (Å²) in [5, 5.41) is 6.77. The van der Waals surface area contributed by atoms with E-state index < -0.39 is 5.41 Å². The second-order valence-corrected chi connectivity index (χ2v) is 11.1. The Bertz CT molecular complexity index is 1230. The topological polar surface area (TPSA) is 66.9 Å². The molecule has 0 aliphatic heterocycles. The molecule has 1 aromatic heterocycles. The van der Waals surface area contributed by atoms with E-state index in [-0.39, 0.29) is 11.7 Å². The molecule has 5 nitrogen and oxygen atoms in total. The maximum Gasteiger partial charge on any atom is 0.255 e. The van der Waals surface area contributed by atoms with Crippen LogP contribution in [0.3, 0.4) is 0 Å². The van der Waals surface area contributed by atoms with Crippen molar-refractivity contribution in [1.29, 1.82) is 0 Å². The lowest BCUT2D eigenvalue weighted by Crippen LogP contribution is -2.35. The van der Waals surface area contributed by atoms with Gasteiger partial charge in [-0.25, -0.2) is 14.4 Å². The summed E-state index contributed by atoms with van der Waals surface area (Å²) in [6.45, 7) is 4.80. The minimum absolute atomic E-state index is 0.146. The van der Waals surface area contributed by atoms with Gasteiger partial charge in [0.2, 0.25) is 5.95 Å². The molecular weight excluding hydrogens is 475 g/mol. The molecule has 6 heteroatoms. The van der Waals surface area contributed by atoms with Crippen molar-refractivity contribution in [2.24, 2.45) is 5.92 Å². The van der Waals surface area contributed by atoms with Crippen LogP contribution in [0, 0.1) is 11.7 Å². The Hall–Kier alpha value is -3.28. The average Bonchev–Trinajstić information content (AvgIpc) is 3.44. The van der Waals surface area contributed by atoms with Gasteiger partial charge < -0.3 is 10.6 Å². The Balaban J connectivity index is 1.57.